The van der Waals surface area contributed by atoms with Crippen molar-refractivity contribution in [1.82, 2.24) is 4.90 Å². The quantitative estimate of drug-likeness (QED) is 0.639. The van der Waals surface area contributed by atoms with E-state index in [1.807, 2.05) is 31.2 Å². The van der Waals surface area contributed by atoms with Crippen LogP contribution in [0.1, 0.15) is 23.6 Å². The number of halogens is 1. The molecule has 0 saturated heterocycles. The molecular weight excluding hydrogens is 350 g/mol. The summed E-state index contributed by atoms with van der Waals surface area (Å²) >= 11 is 6.45. The van der Waals surface area contributed by atoms with Crippen molar-refractivity contribution >= 4 is 22.6 Å². The lowest BCUT2D eigenvalue weighted by Gasteiger charge is -2.30. The Balaban J connectivity index is 1.68. The van der Waals surface area contributed by atoms with Gasteiger partial charge < -0.3 is 9.15 Å². The van der Waals surface area contributed by atoms with Gasteiger partial charge in [0.1, 0.15) is 18.1 Å². The maximum Gasteiger partial charge on any atom is 0.336 e. The van der Waals surface area contributed by atoms with Gasteiger partial charge >= 0.3 is 5.63 Å². The smallest absolute Gasteiger partial charge is 0.336 e. The zero-order valence-corrected chi connectivity index (χ0v) is 15.4. The van der Waals surface area contributed by atoms with Crippen molar-refractivity contribution in [2.45, 2.75) is 26.3 Å². The molecule has 0 radical (unpaired) electrons. The largest absolute Gasteiger partial charge is 0.476 e. The summed E-state index contributed by atoms with van der Waals surface area (Å²) in [6.45, 7) is 4.00. The van der Waals surface area contributed by atoms with Gasteiger partial charge in [0.25, 0.3) is 0 Å². The Labute approximate surface area is 156 Å². The minimum absolute atomic E-state index is 0.333. The predicted octanol–water partition coefficient (Wildman–Crippen LogP) is 4.40. The van der Waals surface area contributed by atoms with Gasteiger partial charge in [-0.1, -0.05) is 48.9 Å². The molecule has 4 rings (SSSR count). The fourth-order valence-electron chi connectivity index (χ4n) is 3.47. The highest BCUT2D eigenvalue weighted by molar-refractivity contribution is 6.33. The molecule has 0 spiro atoms. The third-order valence-corrected chi connectivity index (χ3v) is 5.12. The second-order valence-electron chi connectivity index (χ2n) is 6.55. The fourth-order valence-corrected chi connectivity index (χ4v) is 3.74. The van der Waals surface area contributed by atoms with Gasteiger partial charge in [0.2, 0.25) is 0 Å². The van der Waals surface area contributed by atoms with E-state index in [9.17, 15) is 4.79 Å². The van der Waals surface area contributed by atoms with Gasteiger partial charge in [-0.3, -0.25) is 4.90 Å². The summed E-state index contributed by atoms with van der Waals surface area (Å²) < 4.78 is 11.5. The first kappa shape index (κ1) is 17.1. The lowest BCUT2D eigenvalue weighted by molar-refractivity contribution is 0.0969. The van der Waals surface area contributed by atoms with Gasteiger partial charge in [-0.15, -0.1) is 0 Å². The Morgan fingerprint density at radius 2 is 2.00 bits per heavy atom. The number of hydrogen-bond donors (Lipinski definition) is 0. The first-order chi connectivity index (χ1) is 12.7. The van der Waals surface area contributed by atoms with Crippen molar-refractivity contribution in [2.24, 2.45) is 0 Å². The summed E-state index contributed by atoms with van der Waals surface area (Å²) in [4.78, 5) is 14.2. The monoisotopic (exact) mass is 369 g/mol. The van der Waals surface area contributed by atoms with E-state index in [4.69, 9.17) is 20.8 Å². The predicted molar refractivity (Wildman–Crippen MR) is 103 cm³/mol. The second kappa shape index (κ2) is 7.14. The van der Waals surface area contributed by atoms with Gasteiger partial charge in [0.15, 0.2) is 0 Å². The molecule has 5 heteroatoms. The molecule has 0 amide bonds. The summed E-state index contributed by atoms with van der Waals surface area (Å²) in [6, 6.07) is 13.7. The molecule has 134 valence electrons. The Hall–Kier alpha value is -2.30. The van der Waals surface area contributed by atoms with Crippen LogP contribution in [0.5, 0.6) is 5.75 Å². The molecule has 3 aromatic rings. The van der Waals surface area contributed by atoms with E-state index in [1.165, 1.54) is 5.56 Å². The standard InChI is InChI=1S/C21H20ClNO3/c1-2-15-10-19(24)26-20-16(15)11-18(22)21-17(20)12-23(13-25-21)9-8-14-6-4-3-5-7-14/h3-7,10-11H,2,8-9,12-13H2,1H3. The van der Waals surface area contributed by atoms with Crippen LogP contribution in [0.15, 0.2) is 51.7 Å². The van der Waals surface area contributed by atoms with Crippen LogP contribution >= 0.6 is 11.6 Å². The van der Waals surface area contributed by atoms with Crippen LogP contribution in [0.25, 0.3) is 11.0 Å². The van der Waals surface area contributed by atoms with E-state index < -0.39 is 0 Å². The Morgan fingerprint density at radius 3 is 2.77 bits per heavy atom. The normalized spacial score (nSPS) is 14.2. The summed E-state index contributed by atoms with van der Waals surface area (Å²) in [5.41, 5.74) is 3.36. The van der Waals surface area contributed by atoms with Crippen molar-refractivity contribution < 1.29 is 9.15 Å². The van der Waals surface area contributed by atoms with Gasteiger partial charge in [-0.2, -0.15) is 0 Å². The topological polar surface area (TPSA) is 42.7 Å². The molecule has 0 fully saturated rings. The van der Waals surface area contributed by atoms with Crippen LogP contribution in [-0.2, 0) is 19.4 Å². The molecule has 0 aliphatic carbocycles. The number of hydrogen-bond acceptors (Lipinski definition) is 4. The van der Waals surface area contributed by atoms with Crippen LogP contribution in [0, 0.1) is 0 Å². The summed E-state index contributed by atoms with van der Waals surface area (Å²) in [5.74, 6) is 0.631. The number of nitrogens with zero attached hydrogens (tertiary/aromatic N) is 1. The molecule has 26 heavy (non-hydrogen) atoms. The van der Waals surface area contributed by atoms with Crippen molar-refractivity contribution in [3.05, 3.63) is 74.6 Å². The molecule has 0 bridgehead atoms. The lowest BCUT2D eigenvalue weighted by Crippen LogP contribution is -2.34. The van der Waals surface area contributed by atoms with E-state index in [-0.39, 0.29) is 5.63 Å². The average molecular weight is 370 g/mol. The van der Waals surface area contributed by atoms with E-state index in [2.05, 4.69) is 17.0 Å². The average Bonchev–Trinajstić information content (AvgIpc) is 2.67. The Kier molecular flexibility index (Phi) is 4.70. The van der Waals surface area contributed by atoms with E-state index in [0.717, 1.165) is 35.9 Å². The molecule has 0 saturated carbocycles. The molecule has 0 atom stereocenters. The molecular formula is C21H20ClNO3. The van der Waals surface area contributed by atoms with Crippen molar-refractivity contribution in [1.29, 1.82) is 0 Å². The molecule has 1 aliphatic heterocycles. The highest BCUT2D eigenvalue weighted by Crippen LogP contribution is 2.39. The van der Waals surface area contributed by atoms with Gasteiger partial charge in [-0.25, -0.2) is 4.79 Å². The third-order valence-electron chi connectivity index (χ3n) is 4.84. The van der Waals surface area contributed by atoms with Crippen molar-refractivity contribution in [2.75, 3.05) is 13.3 Å². The summed E-state index contributed by atoms with van der Waals surface area (Å²) in [6.07, 6.45) is 1.68. The maximum absolute atomic E-state index is 12.0. The summed E-state index contributed by atoms with van der Waals surface area (Å²) in [7, 11) is 0. The van der Waals surface area contributed by atoms with Crippen LogP contribution < -0.4 is 10.4 Å². The van der Waals surface area contributed by atoms with Crippen LogP contribution in [0.3, 0.4) is 0 Å². The number of ether oxygens (including phenoxy) is 1. The number of rotatable bonds is 4. The maximum atomic E-state index is 12.0. The van der Waals surface area contributed by atoms with Gasteiger partial charge in [0, 0.05) is 24.5 Å². The second-order valence-corrected chi connectivity index (χ2v) is 6.96. The zero-order chi connectivity index (χ0) is 18.1. The van der Waals surface area contributed by atoms with E-state index in [0.29, 0.717) is 29.6 Å². The van der Waals surface area contributed by atoms with Gasteiger partial charge in [-0.05, 0) is 30.0 Å². The molecule has 1 aliphatic rings. The lowest BCUT2D eigenvalue weighted by atomic mass is 10.0. The van der Waals surface area contributed by atoms with Crippen LogP contribution in [0.4, 0.5) is 0 Å². The number of benzene rings is 2. The minimum atomic E-state index is -0.333. The Bertz CT molecular complexity index is 998. The SMILES string of the molecule is CCc1cc(=O)oc2c3c(c(Cl)cc12)OCN(CCc1ccccc1)C3. The highest BCUT2D eigenvalue weighted by atomic mass is 35.5. The van der Waals surface area contributed by atoms with Crippen LogP contribution in [0.2, 0.25) is 5.02 Å². The number of fused-ring (bicyclic) bond motifs is 3. The summed E-state index contributed by atoms with van der Waals surface area (Å²) in [5, 5.41) is 1.46. The first-order valence-corrected chi connectivity index (χ1v) is 9.20. The first-order valence-electron chi connectivity index (χ1n) is 8.83. The van der Waals surface area contributed by atoms with E-state index >= 15 is 0 Å². The third kappa shape index (κ3) is 3.22. The molecule has 2 heterocycles. The fraction of sp³-hybridized carbons (Fsp3) is 0.286. The zero-order valence-electron chi connectivity index (χ0n) is 14.6. The molecule has 2 aromatic carbocycles. The molecule has 1 aromatic heterocycles. The number of aryl methyl sites for hydroxylation is 1. The molecule has 0 N–H and O–H groups in total. The van der Waals surface area contributed by atoms with Gasteiger partial charge in [0.05, 0.1) is 10.6 Å². The van der Waals surface area contributed by atoms with Crippen molar-refractivity contribution in [3.8, 4) is 5.75 Å². The minimum Gasteiger partial charge on any atom is -0.476 e. The Morgan fingerprint density at radius 1 is 1.19 bits per heavy atom. The molecule has 4 nitrogen and oxygen atoms in total. The molecule has 0 unspecified atom stereocenters. The van der Waals surface area contributed by atoms with Crippen LogP contribution in [-0.4, -0.2) is 18.2 Å². The van der Waals surface area contributed by atoms with E-state index in [1.54, 1.807) is 6.07 Å². The van der Waals surface area contributed by atoms with Crippen molar-refractivity contribution in [3.63, 3.8) is 0 Å². The highest BCUT2D eigenvalue weighted by Gasteiger charge is 2.25.